The summed E-state index contributed by atoms with van der Waals surface area (Å²) in [7, 11) is 0. The van der Waals surface area contributed by atoms with E-state index in [4.69, 9.17) is 18.9 Å². The summed E-state index contributed by atoms with van der Waals surface area (Å²) < 4.78 is 20.1. The summed E-state index contributed by atoms with van der Waals surface area (Å²) in [6.45, 7) is 8.87. The first-order valence-corrected chi connectivity index (χ1v) is 6.64. The number of epoxide rings is 2. The fraction of sp³-hybridized carbons (Fsp3) is 0.714. The molecular weight excluding hydrogens is 264 g/mol. The third-order valence-corrected chi connectivity index (χ3v) is 3.10. The van der Waals surface area contributed by atoms with Crippen molar-refractivity contribution in [2.45, 2.75) is 32.5 Å². The lowest BCUT2D eigenvalue weighted by Gasteiger charge is -2.22. The van der Waals surface area contributed by atoms with Gasteiger partial charge >= 0.3 is 11.9 Å². The molecule has 2 heterocycles. The lowest BCUT2D eigenvalue weighted by Crippen LogP contribution is -2.29. The van der Waals surface area contributed by atoms with Gasteiger partial charge in [0.25, 0.3) is 0 Å². The second-order valence-corrected chi connectivity index (χ2v) is 5.77. The maximum absolute atomic E-state index is 11.9. The van der Waals surface area contributed by atoms with Gasteiger partial charge in [-0.1, -0.05) is 6.58 Å². The number of hydrogen-bond acceptors (Lipinski definition) is 6. The first-order chi connectivity index (χ1) is 9.38. The molecule has 6 nitrogen and oxygen atoms in total. The first-order valence-electron chi connectivity index (χ1n) is 6.64. The first kappa shape index (κ1) is 15.0. The van der Waals surface area contributed by atoms with Gasteiger partial charge in [0.15, 0.2) is 0 Å². The van der Waals surface area contributed by atoms with Gasteiger partial charge < -0.3 is 18.9 Å². The quantitative estimate of drug-likeness (QED) is 0.373. The van der Waals surface area contributed by atoms with Crippen molar-refractivity contribution in [2.75, 3.05) is 26.4 Å². The Morgan fingerprint density at radius 2 is 1.65 bits per heavy atom. The van der Waals surface area contributed by atoms with E-state index in [1.165, 1.54) is 0 Å². The molecule has 0 saturated carbocycles. The van der Waals surface area contributed by atoms with E-state index in [2.05, 4.69) is 6.58 Å². The average Bonchev–Trinajstić information content (AvgIpc) is 3.26. The molecule has 0 radical (unpaired) electrons. The van der Waals surface area contributed by atoms with E-state index < -0.39 is 11.4 Å². The molecule has 0 bridgehead atoms. The van der Waals surface area contributed by atoms with E-state index in [9.17, 15) is 9.59 Å². The molecule has 0 aromatic carbocycles. The SMILES string of the molecule is C=C(CC(C)(C)C(=O)OCC1CO1)C(=O)OCC1CO1. The number of carbonyl (C=O) groups is 2. The minimum absolute atomic E-state index is 0.0169. The largest absolute Gasteiger partial charge is 0.462 e. The maximum Gasteiger partial charge on any atom is 0.333 e. The highest BCUT2D eigenvalue weighted by Crippen LogP contribution is 2.27. The van der Waals surface area contributed by atoms with Crippen molar-refractivity contribution in [1.82, 2.24) is 0 Å². The van der Waals surface area contributed by atoms with Crippen LogP contribution in [0.4, 0.5) is 0 Å². The molecule has 0 aromatic rings. The molecule has 2 fully saturated rings. The zero-order valence-electron chi connectivity index (χ0n) is 11.8. The second-order valence-electron chi connectivity index (χ2n) is 5.77. The second kappa shape index (κ2) is 5.93. The van der Waals surface area contributed by atoms with E-state index in [0.717, 1.165) is 0 Å². The molecule has 2 unspecified atom stereocenters. The Morgan fingerprint density at radius 3 is 2.15 bits per heavy atom. The minimum atomic E-state index is -0.818. The van der Waals surface area contributed by atoms with Crippen LogP contribution in [0.25, 0.3) is 0 Å². The molecule has 2 aliphatic heterocycles. The van der Waals surface area contributed by atoms with Crippen LogP contribution in [0.3, 0.4) is 0 Å². The number of esters is 2. The van der Waals surface area contributed by atoms with Gasteiger partial charge in [0.1, 0.15) is 25.4 Å². The molecule has 0 amide bonds. The Balaban J connectivity index is 1.73. The van der Waals surface area contributed by atoms with E-state index in [1.54, 1.807) is 13.8 Å². The molecule has 2 rings (SSSR count). The van der Waals surface area contributed by atoms with Gasteiger partial charge in [-0.3, -0.25) is 4.79 Å². The molecule has 0 N–H and O–H groups in total. The van der Waals surface area contributed by atoms with E-state index in [0.29, 0.717) is 13.2 Å². The summed E-state index contributed by atoms with van der Waals surface area (Å²) in [5.74, 6) is -0.862. The van der Waals surface area contributed by atoms with Crippen LogP contribution in [0.5, 0.6) is 0 Å². The normalized spacial score (nSPS) is 23.9. The van der Waals surface area contributed by atoms with Crippen molar-refractivity contribution < 1.29 is 28.5 Å². The van der Waals surface area contributed by atoms with Crippen molar-refractivity contribution in [3.63, 3.8) is 0 Å². The summed E-state index contributed by atoms with van der Waals surface area (Å²) in [6, 6.07) is 0. The van der Waals surface area contributed by atoms with Gasteiger partial charge in [-0.2, -0.15) is 0 Å². The van der Waals surface area contributed by atoms with Crippen LogP contribution in [0.15, 0.2) is 12.2 Å². The van der Waals surface area contributed by atoms with Crippen LogP contribution in [-0.2, 0) is 28.5 Å². The van der Waals surface area contributed by atoms with Gasteiger partial charge in [0, 0.05) is 5.57 Å². The number of ether oxygens (including phenoxy) is 4. The summed E-state index contributed by atoms with van der Waals surface area (Å²) in [5, 5.41) is 0. The molecule has 2 saturated heterocycles. The van der Waals surface area contributed by atoms with Crippen LogP contribution in [0, 0.1) is 5.41 Å². The highest BCUT2D eigenvalue weighted by atomic mass is 16.6. The summed E-state index contributed by atoms with van der Waals surface area (Å²) in [6.07, 6.45) is 0.242. The van der Waals surface area contributed by atoms with Crippen LogP contribution in [-0.4, -0.2) is 50.6 Å². The fourth-order valence-corrected chi connectivity index (χ4v) is 1.64. The summed E-state index contributed by atoms with van der Waals surface area (Å²) in [4.78, 5) is 23.6. The summed E-state index contributed by atoms with van der Waals surface area (Å²) >= 11 is 0. The lowest BCUT2D eigenvalue weighted by atomic mass is 9.86. The van der Waals surface area contributed by atoms with Crippen LogP contribution in [0.1, 0.15) is 20.3 Å². The van der Waals surface area contributed by atoms with Crippen molar-refractivity contribution >= 4 is 11.9 Å². The molecule has 0 spiro atoms. The fourth-order valence-electron chi connectivity index (χ4n) is 1.64. The Bertz CT molecular complexity index is 406. The average molecular weight is 284 g/mol. The molecule has 112 valence electrons. The van der Waals surface area contributed by atoms with E-state index in [1.807, 2.05) is 0 Å². The van der Waals surface area contributed by atoms with E-state index >= 15 is 0 Å². The number of rotatable bonds is 8. The topological polar surface area (TPSA) is 77.7 Å². The van der Waals surface area contributed by atoms with Gasteiger partial charge in [-0.15, -0.1) is 0 Å². The molecule has 2 aliphatic rings. The zero-order chi connectivity index (χ0) is 14.8. The predicted octanol–water partition coefficient (Wildman–Crippen LogP) is 0.843. The van der Waals surface area contributed by atoms with Crippen LogP contribution >= 0.6 is 0 Å². The number of carbonyl (C=O) groups excluding carboxylic acids is 2. The van der Waals surface area contributed by atoms with Gasteiger partial charge in [0.2, 0.25) is 0 Å². The van der Waals surface area contributed by atoms with Gasteiger partial charge in [-0.25, -0.2) is 4.79 Å². The molecule has 6 heteroatoms. The highest BCUT2D eigenvalue weighted by molar-refractivity contribution is 5.89. The molecule has 2 atom stereocenters. The summed E-state index contributed by atoms with van der Waals surface area (Å²) in [5.41, 5.74) is -0.559. The molecular formula is C14H20O6. The Hall–Kier alpha value is -1.40. The Labute approximate surface area is 118 Å². The van der Waals surface area contributed by atoms with Crippen molar-refractivity contribution in [3.8, 4) is 0 Å². The van der Waals surface area contributed by atoms with Crippen molar-refractivity contribution in [2.24, 2.45) is 5.41 Å². The third-order valence-electron chi connectivity index (χ3n) is 3.10. The van der Waals surface area contributed by atoms with Gasteiger partial charge in [0.05, 0.1) is 18.6 Å². The number of hydrogen-bond donors (Lipinski definition) is 0. The lowest BCUT2D eigenvalue weighted by molar-refractivity contribution is -0.154. The Morgan fingerprint density at radius 1 is 1.15 bits per heavy atom. The van der Waals surface area contributed by atoms with Crippen molar-refractivity contribution in [3.05, 3.63) is 12.2 Å². The molecule has 20 heavy (non-hydrogen) atoms. The van der Waals surface area contributed by atoms with Gasteiger partial charge in [-0.05, 0) is 20.3 Å². The predicted molar refractivity (Wildman–Crippen MR) is 68.9 cm³/mol. The minimum Gasteiger partial charge on any atom is -0.462 e. The van der Waals surface area contributed by atoms with Crippen LogP contribution < -0.4 is 0 Å². The molecule has 0 aromatic heterocycles. The Kier molecular flexibility index (Phi) is 4.45. The van der Waals surface area contributed by atoms with E-state index in [-0.39, 0.29) is 43.4 Å². The maximum atomic E-state index is 11.9. The van der Waals surface area contributed by atoms with Crippen LogP contribution in [0.2, 0.25) is 0 Å². The zero-order valence-corrected chi connectivity index (χ0v) is 11.8. The monoisotopic (exact) mass is 284 g/mol. The standard InChI is InChI=1S/C14H20O6/c1-9(12(15)19-7-10-5-17-10)4-14(2,3)13(16)20-8-11-6-18-11/h10-11H,1,4-8H2,2-3H3. The molecule has 0 aliphatic carbocycles. The smallest absolute Gasteiger partial charge is 0.333 e. The third kappa shape index (κ3) is 4.61. The van der Waals surface area contributed by atoms with Crippen molar-refractivity contribution in [1.29, 1.82) is 0 Å². The highest BCUT2D eigenvalue weighted by Gasteiger charge is 2.34.